The van der Waals surface area contributed by atoms with Gasteiger partial charge in [0.1, 0.15) is 6.61 Å². The molecule has 1 aliphatic heterocycles. The van der Waals surface area contributed by atoms with Crippen molar-refractivity contribution in [2.24, 2.45) is 0 Å². The molecule has 18 heavy (non-hydrogen) atoms. The van der Waals surface area contributed by atoms with Gasteiger partial charge in [-0.15, -0.1) is 12.4 Å². The molecule has 0 radical (unpaired) electrons. The Kier molecular flexibility index (Phi) is 10.4. The fourth-order valence-electron chi connectivity index (χ4n) is 2.15. The number of hydrogen-bond acceptors (Lipinski definition) is 3. The minimum atomic E-state index is 0. The van der Waals surface area contributed by atoms with Crippen LogP contribution >= 0.6 is 12.4 Å². The lowest BCUT2D eigenvalue weighted by molar-refractivity contribution is -0.126. The van der Waals surface area contributed by atoms with Crippen molar-refractivity contribution in [1.29, 1.82) is 0 Å². The van der Waals surface area contributed by atoms with E-state index in [0.29, 0.717) is 18.7 Å². The minimum absolute atomic E-state index is 0. The molecule has 1 saturated heterocycles. The Morgan fingerprint density at radius 1 is 1.44 bits per heavy atom. The van der Waals surface area contributed by atoms with Gasteiger partial charge in [0.15, 0.2) is 0 Å². The van der Waals surface area contributed by atoms with Crippen molar-refractivity contribution in [2.45, 2.75) is 58.0 Å². The largest absolute Gasteiger partial charge is 0.372 e. The number of halogens is 1. The zero-order chi connectivity index (χ0) is 12.5. The molecule has 1 fully saturated rings. The fraction of sp³-hybridized carbons (Fsp3) is 0.923. The summed E-state index contributed by atoms with van der Waals surface area (Å²) in [4.78, 5) is 11.6. The van der Waals surface area contributed by atoms with Crippen molar-refractivity contribution in [1.82, 2.24) is 10.6 Å². The second-order valence-corrected chi connectivity index (χ2v) is 4.90. The number of nitrogens with one attached hydrogen (secondary N) is 2. The molecule has 1 aliphatic rings. The minimum Gasteiger partial charge on any atom is -0.372 e. The summed E-state index contributed by atoms with van der Waals surface area (Å²) in [5, 5.41) is 6.41. The van der Waals surface area contributed by atoms with Crippen molar-refractivity contribution < 1.29 is 9.53 Å². The van der Waals surface area contributed by atoms with Gasteiger partial charge in [0, 0.05) is 18.7 Å². The fourth-order valence-corrected chi connectivity index (χ4v) is 2.15. The van der Waals surface area contributed by atoms with Gasteiger partial charge in [-0.3, -0.25) is 4.79 Å². The standard InChI is InChI=1S/C13H26N2O2.ClH/c1-3-4-5-8-17-10-13(16)15-12-6-7-14-11(2)9-12;/h11-12,14H,3-10H2,1-2H3,(H,15,16);1H. The Balaban J connectivity index is 0.00000289. The number of rotatable bonds is 7. The van der Waals surface area contributed by atoms with Crippen LogP contribution in [0.5, 0.6) is 0 Å². The molecule has 1 heterocycles. The van der Waals surface area contributed by atoms with Crippen molar-refractivity contribution in [3.8, 4) is 0 Å². The second kappa shape index (κ2) is 10.6. The maximum Gasteiger partial charge on any atom is 0.246 e. The normalized spacial score (nSPS) is 23.2. The number of carbonyl (C=O) groups is 1. The first-order valence-electron chi connectivity index (χ1n) is 6.83. The summed E-state index contributed by atoms with van der Waals surface area (Å²) in [6.07, 6.45) is 5.44. The molecular formula is C13H27ClN2O2. The molecule has 2 atom stereocenters. The van der Waals surface area contributed by atoms with E-state index in [1.807, 2.05) is 0 Å². The van der Waals surface area contributed by atoms with Crippen LogP contribution in [0.3, 0.4) is 0 Å². The predicted molar refractivity (Wildman–Crippen MR) is 76.2 cm³/mol. The highest BCUT2D eigenvalue weighted by molar-refractivity contribution is 5.85. The van der Waals surface area contributed by atoms with Gasteiger partial charge in [-0.05, 0) is 32.7 Å². The van der Waals surface area contributed by atoms with E-state index in [4.69, 9.17) is 4.74 Å². The van der Waals surface area contributed by atoms with Crippen molar-refractivity contribution in [3.63, 3.8) is 0 Å². The van der Waals surface area contributed by atoms with Crippen molar-refractivity contribution >= 4 is 18.3 Å². The lowest BCUT2D eigenvalue weighted by atomic mass is 10.0. The molecule has 0 aromatic heterocycles. The van der Waals surface area contributed by atoms with Gasteiger partial charge in [0.25, 0.3) is 0 Å². The highest BCUT2D eigenvalue weighted by Gasteiger charge is 2.19. The van der Waals surface area contributed by atoms with Crippen LogP contribution < -0.4 is 10.6 Å². The summed E-state index contributed by atoms with van der Waals surface area (Å²) in [7, 11) is 0. The van der Waals surface area contributed by atoms with E-state index in [0.717, 1.165) is 25.8 Å². The first kappa shape index (κ1) is 17.7. The van der Waals surface area contributed by atoms with Crippen molar-refractivity contribution in [3.05, 3.63) is 0 Å². The molecule has 2 N–H and O–H groups in total. The molecule has 0 aromatic rings. The van der Waals surface area contributed by atoms with Gasteiger partial charge in [0.2, 0.25) is 5.91 Å². The van der Waals surface area contributed by atoms with E-state index in [9.17, 15) is 4.79 Å². The molecule has 1 rings (SSSR count). The lowest BCUT2D eigenvalue weighted by Gasteiger charge is -2.28. The van der Waals surface area contributed by atoms with Gasteiger partial charge in [-0.1, -0.05) is 19.8 Å². The summed E-state index contributed by atoms with van der Waals surface area (Å²) in [5.74, 6) is 0.0283. The molecule has 108 valence electrons. The molecule has 5 heteroatoms. The third-order valence-electron chi connectivity index (χ3n) is 3.11. The number of amides is 1. The van der Waals surface area contributed by atoms with Crippen LogP contribution in [0.2, 0.25) is 0 Å². The van der Waals surface area contributed by atoms with Crippen LogP contribution in [0, 0.1) is 0 Å². The van der Waals surface area contributed by atoms with Crippen LogP contribution in [-0.4, -0.2) is 37.7 Å². The molecule has 0 spiro atoms. The highest BCUT2D eigenvalue weighted by atomic mass is 35.5. The second-order valence-electron chi connectivity index (χ2n) is 4.90. The summed E-state index contributed by atoms with van der Waals surface area (Å²) in [6.45, 7) is 6.21. The molecule has 0 bridgehead atoms. The topological polar surface area (TPSA) is 50.4 Å². The molecule has 4 nitrogen and oxygen atoms in total. The van der Waals surface area contributed by atoms with Crippen LogP contribution in [0.15, 0.2) is 0 Å². The van der Waals surface area contributed by atoms with Crippen LogP contribution in [0.1, 0.15) is 46.0 Å². The van der Waals surface area contributed by atoms with Crippen LogP contribution in [0.25, 0.3) is 0 Å². The molecule has 0 aromatic carbocycles. The summed E-state index contributed by atoms with van der Waals surface area (Å²) in [5.41, 5.74) is 0. The Morgan fingerprint density at radius 3 is 2.89 bits per heavy atom. The van der Waals surface area contributed by atoms with Gasteiger partial charge in [0.05, 0.1) is 0 Å². The Hall–Kier alpha value is -0.320. The van der Waals surface area contributed by atoms with E-state index in [1.54, 1.807) is 0 Å². The molecule has 0 aliphatic carbocycles. The zero-order valence-corrected chi connectivity index (χ0v) is 12.4. The third kappa shape index (κ3) is 7.90. The summed E-state index contributed by atoms with van der Waals surface area (Å²) < 4.78 is 5.34. The Morgan fingerprint density at radius 2 is 2.22 bits per heavy atom. The van der Waals surface area contributed by atoms with Gasteiger partial charge in [-0.25, -0.2) is 0 Å². The monoisotopic (exact) mass is 278 g/mol. The smallest absolute Gasteiger partial charge is 0.246 e. The van der Waals surface area contributed by atoms with Crippen molar-refractivity contribution in [2.75, 3.05) is 19.8 Å². The average Bonchev–Trinajstić information content (AvgIpc) is 2.29. The van der Waals surface area contributed by atoms with Gasteiger partial charge >= 0.3 is 0 Å². The molecule has 0 saturated carbocycles. The number of unbranched alkanes of at least 4 members (excludes halogenated alkanes) is 2. The highest BCUT2D eigenvalue weighted by Crippen LogP contribution is 2.07. The number of carbonyl (C=O) groups excluding carboxylic acids is 1. The third-order valence-corrected chi connectivity index (χ3v) is 3.11. The predicted octanol–water partition coefficient (Wildman–Crippen LogP) is 1.87. The molecule has 1 amide bonds. The Labute approximate surface area is 117 Å². The number of piperidine rings is 1. The van der Waals surface area contributed by atoms with E-state index in [1.165, 1.54) is 12.8 Å². The maximum absolute atomic E-state index is 11.6. The Bertz CT molecular complexity index is 227. The lowest BCUT2D eigenvalue weighted by Crippen LogP contribution is -2.47. The van der Waals surface area contributed by atoms with Crippen LogP contribution in [-0.2, 0) is 9.53 Å². The molecular weight excluding hydrogens is 252 g/mol. The molecule has 2 unspecified atom stereocenters. The summed E-state index contributed by atoms with van der Waals surface area (Å²) in [6, 6.07) is 0.817. The number of hydrogen-bond donors (Lipinski definition) is 2. The quantitative estimate of drug-likeness (QED) is 0.699. The van der Waals surface area contributed by atoms with Gasteiger partial charge in [-0.2, -0.15) is 0 Å². The van der Waals surface area contributed by atoms with Gasteiger partial charge < -0.3 is 15.4 Å². The van der Waals surface area contributed by atoms with E-state index in [-0.39, 0.29) is 24.9 Å². The first-order valence-corrected chi connectivity index (χ1v) is 6.83. The SMILES string of the molecule is CCCCCOCC(=O)NC1CCNC(C)C1.Cl. The summed E-state index contributed by atoms with van der Waals surface area (Å²) >= 11 is 0. The first-order chi connectivity index (χ1) is 8.22. The van der Waals surface area contributed by atoms with E-state index in [2.05, 4.69) is 24.5 Å². The zero-order valence-electron chi connectivity index (χ0n) is 11.5. The maximum atomic E-state index is 11.6. The van der Waals surface area contributed by atoms with E-state index < -0.39 is 0 Å². The number of ether oxygens (including phenoxy) is 1. The van der Waals surface area contributed by atoms with E-state index >= 15 is 0 Å². The van der Waals surface area contributed by atoms with Crippen LogP contribution in [0.4, 0.5) is 0 Å². The average molecular weight is 279 g/mol.